The summed E-state index contributed by atoms with van der Waals surface area (Å²) in [5.74, 6) is 0.587. The number of amides is 1. The van der Waals surface area contributed by atoms with Gasteiger partial charge >= 0.3 is 12.4 Å². The number of hydrogen-bond donors (Lipinski definition) is 0. The normalized spacial score (nSPS) is 16.6. The number of fused-ring (bicyclic) bond motifs is 3. The Morgan fingerprint density at radius 2 is 1.80 bits per heavy atom. The largest absolute Gasteiger partial charge is 0.497 e. The van der Waals surface area contributed by atoms with E-state index in [4.69, 9.17) is 18.9 Å². The summed E-state index contributed by atoms with van der Waals surface area (Å²) in [7, 11) is 2.78. The molecule has 0 radical (unpaired) electrons. The molecule has 264 valence electrons. The summed E-state index contributed by atoms with van der Waals surface area (Å²) in [5.41, 5.74) is -3.92. The fraction of sp³-hybridized carbons (Fsp3) is 0.452. The first-order valence-corrected chi connectivity index (χ1v) is 15.0. The summed E-state index contributed by atoms with van der Waals surface area (Å²) in [5, 5.41) is 3.90. The topological polar surface area (TPSA) is 121 Å². The number of hydrogen-bond acceptors (Lipinski definition) is 10. The van der Waals surface area contributed by atoms with Gasteiger partial charge in [0.1, 0.15) is 23.6 Å². The lowest BCUT2D eigenvalue weighted by molar-refractivity contribution is -0.139. The van der Waals surface area contributed by atoms with Crippen molar-refractivity contribution in [1.82, 2.24) is 19.7 Å². The number of methoxy groups -OCH3 is 2. The van der Waals surface area contributed by atoms with Crippen LogP contribution in [0.25, 0.3) is 0 Å². The van der Waals surface area contributed by atoms with Crippen molar-refractivity contribution in [3.05, 3.63) is 69.8 Å². The number of anilines is 1. The molecule has 0 N–H and O–H groups in total. The lowest BCUT2D eigenvalue weighted by Gasteiger charge is -2.44. The minimum absolute atomic E-state index is 0.0284. The number of alkyl halides is 6. The van der Waals surface area contributed by atoms with Crippen molar-refractivity contribution in [2.75, 3.05) is 65.2 Å². The van der Waals surface area contributed by atoms with E-state index >= 15 is 0 Å². The van der Waals surface area contributed by atoms with Crippen LogP contribution in [0.15, 0.2) is 52.5 Å². The monoisotopic (exact) mass is 698 g/mol. The van der Waals surface area contributed by atoms with Crippen molar-refractivity contribution in [2.45, 2.75) is 31.4 Å². The van der Waals surface area contributed by atoms with E-state index in [0.717, 1.165) is 18.5 Å². The molecule has 1 saturated heterocycles. The summed E-state index contributed by atoms with van der Waals surface area (Å²) in [6.45, 7) is 0.0948. The number of halogens is 6. The second-order valence-electron chi connectivity index (χ2n) is 11.2. The average molecular weight is 699 g/mol. The third kappa shape index (κ3) is 8.48. The van der Waals surface area contributed by atoms with E-state index in [1.54, 1.807) is 29.2 Å². The molecule has 0 saturated carbocycles. The van der Waals surface area contributed by atoms with E-state index in [2.05, 4.69) is 15.1 Å². The zero-order valence-electron chi connectivity index (χ0n) is 26.4. The van der Waals surface area contributed by atoms with Crippen LogP contribution in [-0.2, 0) is 33.2 Å². The van der Waals surface area contributed by atoms with Gasteiger partial charge in [-0.1, -0.05) is 12.1 Å². The first-order chi connectivity index (χ1) is 23.3. The molecular weight excluding hydrogens is 666 g/mol. The first-order valence-electron chi connectivity index (χ1n) is 15.0. The van der Waals surface area contributed by atoms with Crippen molar-refractivity contribution in [1.29, 1.82) is 0 Å². The van der Waals surface area contributed by atoms with E-state index in [0.29, 0.717) is 22.5 Å². The third-order valence-corrected chi connectivity index (χ3v) is 7.82. The molecule has 12 nitrogen and oxygen atoms in total. The van der Waals surface area contributed by atoms with Crippen LogP contribution in [0.3, 0.4) is 0 Å². The molecule has 3 aromatic rings. The second-order valence-corrected chi connectivity index (χ2v) is 11.2. The fourth-order valence-electron chi connectivity index (χ4n) is 5.40. The molecule has 18 heteroatoms. The maximum Gasteiger partial charge on any atom is 0.423 e. The van der Waals surface area contributed by atoms with E-state index < -0.39 is 34.7 Å². The Hall–Kier alpha value is -4.71. The molecule has 49 heavy (non-hydrogen) atoms. The molecule has 0 bridgehead atoms. The van der Waals surface area contributed by atoms with E-state index in [1.807, 2.05) is 4.90 Å². The van der Waals surface area contributed by atoms with Crippen molar-refractivity contribution >= 4 is 23.1 Å². The van der Waals surface area contributed by atoms with Crippen LogP contribution >= 0.6 is 0 Å². The van der Waals surface area contributed by atoms with Gasteiger partial charge in [0.2, 0.25) is 5.91 Å². The van der Waals surface area contributed by atoms with Crippen LogP contribution in [0.1, 0.15) is 23.1 Å². The lowest BCUT2D eigenvalue weighted by atomic mass is 10.1. The summed E-state index contributed by atoms with van der Waals surface area (Å²) < 4.78 is 103. The van der Waals surface area contributed by atoms with Crippen LogP contribution in [-0.4, -0.2) is 97.6 Å². The highest BCUT2D eigenvalue weighted by atomic mass is 19.4. The number of rotatable bonds is 11. The van der Waals surface area contributed by atoms with Crippen molar-refractivity contribution in [3.8, 4) is 11.5 Å². The zero-order chi connectivity index (χ0) is 35.3. The quantitative estimate of drug-likeness (QED) is 0.167. The van der Waals surface area contributed by atoms with Gasteiger partial charge in [-0.25, -0.2) is 9.67 Å². The van der Waals surface area contributed by atoms with Gasteiger partial charge in [-0.2, -0.15) is 31.4 Å². The Kier molecular flexibility index (Phi) is 10.8. The van der Waals surface area contributed by atoms with Gasteiger partial charge in [-0.15, -0.1) is 0 Å². The predicted molar refractivity (Wildman–Crippen MR) is 162 cm³/mol. The smallest absolute Gasteiger partial charge is 0.423 e. The highest BCUT2D eigenvalue weighted by Crippen LogP contribution is 2.38. The third-order valence-electron chi connectivity index (χ3n) is 7.82. The Morgan fingerprint density at radius 1 is 1.04 bits per heavy atom. The summed E-state index contributed by atoms with van der Waals surface area (Å²) >= 11 is 0. The highest BCUT2D eigenvalue weighted by Gasteiger charge is 2.39. The number of aliphatic imine (C=N–C) groups is 1. The molecule has 0 spiro atoms. The number of carbonyl (C=O) groups excluding carboxylic acids is 1. The minimum atomic E-state index is -5.04. The van der Waals surface area contributed by atoms with Crippen LogP contribution < -0.4 is 19.9 Å². The van der Waals surface area contributed by atoms with E-state index in [9.17, 15) is 35.9 Å². The fourth-order valence-corrected chi connectivity index (χ4v) is 5.40. The molecule has 5 rings (SSSR count). The lowest BCUT2D eigenvalue weighted by Crippen LogP contribution is -2.58. The Balaban J connectivity index is 1.19. The van der Waals surface area contributed by atoms with Crippen molar-refractivity contribution < 1.29 is 50.1 Å². The van der Waals surface area contributed by atoms with E-state index in [-0.39, 0.29) is 81.7 Å². The number of carbonyl (C=O) groups is 1. The molecule has 2 aliphatic heterocycles. The molecule has 0 aliphatic carbocycles. The van der Waals surface area contributed by atoms with Crippen LogP contribution in [0.2, 0.25) is 0 Å². The average Bonchev–Trinajstić information content (AvgIpc) is 3.06. The summed E-state index contributed by atoms with van der Waals surface area (Å²) in [4.78, 5) is 37.2. The Bertz CT molecular complexity index is 1730. The standard InChI is InChI=1S/C31H32F6N6O6/c1-46-16-21(40-24-13-39-43(29(45)27(24)31(35,36)37)14-19-3-5-23(47-2)6-4-19)17-48-10-7-26(44)41-8-9-42-22(15-41)18-49-25-11-20(30(32,33)34)12-38-28(25)42/h3-6,11-13,22H,7-10,14-18H2,1-2H3/b40-21-/t22-/m0/s1. The number of aromatic nitrogens is 3. The molecule has 1 amide bonds. The minimum Gasteiger partial charge on any atom is -0.497 e. The van der Waals surface area contributed by atoms with Gasteiger partial charge in [-0.3, -0.25) is 14.6 Å². The SMILES string of the molecule is COC/C(COCCC(=O)N1CCN2c3ncc(C(F)(F)F)cc3OC[C@@H]2C1)=N/c1cnn(Cc2ccc(OC)cc2)c(=O)c1C(F)(F)F. The summed E-state index contributed by atoms with van der Waals surface area (Å²) in [6, 6.07) is 7.01. The van der Waals surface area contributed by atoms with Gasteiger partial charge in [0, 0.05) is 32.9 Å². The van der Waals surface area contributed by atoms with Crippen LogP contribution in [0.5, 0.6) is 11.5 Å². The van der Waals surface area contributed by atoms with Gasteiger partial charge in [0.25, 0.3) is 5.56 Å². The number of benzene rings is 1. The maximum absolute atomic E-state index is 14.1. The predicted octanol–water partition coefficient (Wildman–Crippen LogP) is 3.97. The molecule has 2 aromatic heterocycles. The number of piperazine rings is 1. The molecule has 1 atom stereocenters. The number of nitrogens with zero attached hydrogens (tertiary/aromatic N) is 6. The van der Waals surface area contributed by atoms with Crippen LogP contribution in [0.4, 0.5) is 37.8 Å². The summed E-state index contributed by atoms with van der Waals surface area (Å²) in [6.07, 6.45) is -8.06. The molecule has 1 aromatic carbocycles. The Labute approximate surface area is 275 Å². The molecule has 4 heterocycles. The first kappa shape index (κ1) is 35.6. The molecular formula is C31H32F6N6O6. The van der Waals surface area contributed by atoms with Crippen LogP contribution in [0, 0.1) is 0 Å². The van der Waals surface area contributed by atoms with Gasteiger partial charge in [0.15, 0.2) is 11.6 Å². The second kappa shape index (κ2) is 14.8. The highest BCUT2D eigenvalue weighted by molar-refractivity contribution is 5.89. The molecule has 1 fully saturated rings. The Morgan fingerprint density at radius 3 is 2.47 bits per heavy atom. The molecule has 0 unspecified atom stereocenters. The van der Waals surface area contributed by atoms with Gasteiger partial charge in [-0.05, 0) is 23.8 Å². The maximum atomic E-state index is 14.1. The number of ether oxygens (including phenoxy) is 4. The van der Waals surface area contributed by atoms with Gasteiger partial charge in [0.05, 0.1) is 63.4 Å². The molecule has 2 aliphatic rings. The van der Waals surface area contributed by atoms with Crippen molar-refractivity contribution in [2.24, 2.45) is 4.99 Å². The van der Waals surface area contributed by atoms with E-state index in [1.165, 1.54) is 14.2 Å². The van der Waals surface area contributed by atoms with Crippen molar-refractivity contribution in [3.63, 3.8) is 0 Å². The number of pyridine rings is 1. The van der Waals surface area contributed by atoms with Gasteiger partial charge < -0.3 is 28.7 Å². The zero-order valence-corrected chi connectivity index (χ0v) is 26.4.